The molecular weight excluding hydrogens is 384 g/mol. The van der Waals surface area contributed by atoms with Crippen LogP contribution in [0.4, 0.5) is 0 Å². The van der Waals surface area contributed by atoms with Crippen molar-refractivity contribution in [3.8, 4) is 0 Å². The molecule has 31 heavy (non-hydrogen) atoms. The van der Waals surface area contributed by atoms with E-state index < -0.39 is 0 Å². The lowest BCUT2D eigenvalue weighted by atomic mass is 9.93. The minimum Gasteiger partial charge on any atom is -0.307 e. The van der Waals surface area contributed by atoms with Crippen LogP contribution in [-0.2, 0) is 0 Å². The molecule has 2 aromatic heterocycles. The molecule has 0 aromatic carbocycles. The molecule has 1 N–H and O–H groups in total. The molecule has 0 spiro atoms. The van der Waals surface area contributed by atoms with E-state index in [1.54, 1.807) is 12.7 Å². The van der Waals surface area contributed by atoms with Gasteiger partial charge in [-0.3, -0.25) is 4.90 Å². The predicted octanol–water partition coefficient (Wildman–Crippen LogP) is 3.75. The van der Waals surface area contributed by atoms with Crippen LogP contribution in [-0.4, -0.2) is 55.5 Å². The van der Waals surface area contributed by atoms with Gasteiger partial charge in [0.1, 0.15) is 12.7 Å². The van der Waals surface area contributed by atoms with E-state index in [2.05, 4.69) is 54.5 Å². The number of fused-ring (bicyclic) bond motifs is 3. The lowest BCUT2D eigenvalue weighted by molar-refractivity contribution is 0.251. The van der Waals surface area contributed by atoms with Gasteiger partial charge in [0.2, 0.25) is 0 Å². The maximum absolute atomic E-state index is 4.04. The molecule has 0 radical (unpaired) electrons. The third-order valence-electron chi connectivity index (χ3n) is 7.36. The SMILES string of the molecule is C(=CC12CCCN1CCC2)c1cncnc1.C(=CC1NC2CCC1C2)c1cncnc1. The lowest BCUT2D eigenvalue weighted by Crippen LogP contribution is -2.35. The maximum Gasteiger partial charge on any atom is 0.115 e. The van der Waals surface area contributed by atoms with Crippen LogP contribution in [0.5, 0.6) is 0 Å². The quantitative estimate of drug-likeness (QED) is 0.819. The first kappa shape index (κ1) is 20.5. The molecule has 4 aliphatic rings. The normalized spacial score (nSPS) is 28.8. The molecule has 2 aromatic rings. The molecule has 3 saturated heterocycles. The van der Waals surface area contributed by atoms with Crippen LogP contribution in [0.2, 0.25) is 0 Å². The van der Waals surface area contributed by atoms with Gasteiger partial charge in [0.25, 0.3) is 0 Å². The second-order valence-electron chi connectivity index (χ2n) is 9.30. The van der Waals surface area contributed by atoms with Crippen LogP contribution >= 0.6 is 0 Å². The molecule has 3 atom stereocenters. The Labute approximate surface area is 184 Å². The number of rotatable bonds is 4. The number of aromatic nitrogens is 4. The standard InChI is InChI=1S/C13H17N3.C12H15N3/c1-4-13(5-2-8-16(13)7-1)6-3-12-9-14-11-15-10-12;1(9-6-13-8-14-7-9)4-12-10-2-3-11(5-10)15-12/h3,6,9-11H,1-2,4-5,7-8H2;1,4,6-8,10-12,15H,2-3,5H2. The van der Waals surface area contributed by atoms with Gasteiger partial charge in [-0.05, 0) is 64.0 Å². The van der Waals surface area contributed by atoms with Gasteiger partial charge in [-0.15, -0.1) is 0 Å². The zero-order valence-corrected chi connectivity index (χ0v) is 18.1. The highest BCUT2D eigenvalue weighted by Crippen LogP contribution is 2.40. The van der Waals surface area contributed by atoms with Gasteiger partial charge in [0, 0.05) is 53.5 Å². The number of hydrogen-bond acceptors (Lipinski definition) is 6. The Hall–Kier alpha value is -2.44. The Bertz CT molecular complexity index is 887. The second kappa shape index (κ2) is 9.37. The number of nitrogens with one attached hydrogen (secondary N) is 1. The van der Waals surface area contributed by atoms with Crippen molar-refractivity contribution in [3.63, 3.8) is 0 Å². The monoisotopic (exact) mass is 416 g/mol. The first-order valence-electron chi connectivity index (χ1n) is 11.7. The molecule has 6 nitrogen and oxygen atoms in total. The molecule has 162 valence electrons. The molecule has 1 saturated carbocycles. The summed E-state index contributed by atoms with van der Waals surface area (Å²) in [5.74, 6) is 0.857. The van der Waals surface area contributed by atoms with Crippen LogP contribution in [0.15, 0.2) is 49.6 Å². The van der Waals surface area contributed by atoms with Gasteiger partial charge in [0.05, 0.1) is 0 Å². The summed E-state index contributed by atoms with van der Waals surface area (Å²) >= 11 is 0. The van der Waals surface area contributed by atoms with E-state index in [-0.39, 0.29) is 0 Å². The molecular formula is C25H32N6. The fourth-order valence-electron chi connectivity index (χ4n) is 5.80. The van der Waals surface area contributed by atoms with Crippen molar-refractivity contribution in [1.82, 2.24) is 30.2 Å². The first-order valence-corrected chi connectivity index (χ1v) is 11.7. The number of hydrogen-bond donors (Lipinski definition) is 1. The van der Waals surface area contributed by atoms with Gasteiger partial charge in [-0.1, -0.05) is 24.3 Å². The zero-order chi connectivity index (χ0) is 20.9. The number of nitrogens with zero attached hydrogens (tertiary/aromatic N) is 5. The van der Waals surface area contributed by atoms with Crippen LogP contribution in [0, 0.1) is 5.92 Å². The van der Waals surface area contributed by atoms with Crippen molar-refractivity contribution in [2.45, 2.75) is 62.6 Å². The summed E-state index contributed by atoms with van der Waals surface area (Å²) in [6, 6.07) is 1.35. The van der Waals surface area contributed by atoms with E-state index in [4.69, 9.17) is 0 Å². The molecule has 1 aliphatic carbocycles. The fraction of sp³-hybridized carbons (Fsp3) is 0.520. The average molecular weight is 417 g/mol. The van der Waals surface area contributed by atoms with Crippen molar-refractivity contribution in [3.05, 3.63) is 60.7 Å². The highest BCUT2D eigenvalue weighted by atomic mass is 15.2. The highest BCUT2D eigenvalue weighted by Gasteiger charge is 2.41. The van der Waals surface area contributed by atoms with Crippen LogP contribution < -0.4 is 5.32 Å². The Morgan fingerprint density at radius 2 is 1.52 bits per heavy atom. The van der Waals surface area contributed by atoms with Crippen LogP contribution in [0.25, 0.3) is 12.2 Å². The molecule has 4 fully saturated rings. The zero-order valence-electron chi connectivity index (χ0n) is 18.1. The summed E-state index contributed by atoms with van der Waals surface area (Å²) in [6.07, 6.45) is 29.0. The third kappa shape index (κ3) is 4.75. The fourth-order valence-corrected chi connectivity index (χ4v) is 5.80. The smallest absolute Gasteiger partial charge is 0.115 e. The van der Waals surface area contributed by atoms with Crippen LogP contribution in [0.3, 0.4) is 0 Å². The van der Waals surface area contributed by atoms with Gasteiger partial charge in [-0.25, -0.2) is 19.9 Å². The first-order chi connectivity index (χ1) is 15.3. The Balaban J connectivity index is 0.000000132. The van der Waals surface area contributed by atoms with Gasteiger partial charge < -0.3 is 5.32 Å². The molecule has 5 heterocycles. The Morgan fingerprint density at radius 3 is 2.10 bits per heavy atom. The topological polar surface area (TPSA) is 66.8 Å². The van der Waals surface area contributed by atoms with Crippen molar-refractivity contribution in [2.75, 3.05) is 13.1 Å². The molecule has 3 aliphatic heterocycles. The van der Waals surface area contributed by atoms with Crippen molar-refractivity contribution >= 4 is 12.2 Å². The molecule has 0 amide bonds. The Morgan fingerprint density at radius 1 is 0.871 bits per heavy atom. The van der Waals surface area contributed by atoms with E-state index in [9.17, 15) is 0 Å². The largest absolute Gasteiger partial charge is 0.307 e. The third-order valence-corrected chi connectivity index (χ3v) is 7.36. The number of piperidine rings is 1. The highest BCUT2D eigenvalue weighted by molar-refractivity contribution is 5.49. The summed E-state index contributed by atoms with van der Waals surface area (Å²) in [6.45, 7) is 2.55. The van der Waals surface area contributed by atoms with Crippen molar-refractivity contribution in [1.29, 1.82) is 0 Å². The summed E-state index contributed by atoms with van der Waals surface area (Å²) in [5.41, 5.74) is 2.55. The minimum absolute atomic E-state index is 0.357. The minimum atomic E-state index is 0.357. The van der Waals surface area contributed by atoms with E-state index in [0.29, 0.717) is 11.6 Å². The Kier molecular flexibility index (Phi) is 6.18. The van der Waals surface area contributed by atoms with Gasteiger partial charge >= 0.3 is 0 Å². The lowest BCUT2D eigenvalue weighted by Gasteiger charge is -2.28. The summed E-state index contributed by atoms with van der Waals surface area (Å²) < 4.78 is 0. The summed E-state index contributed by atoms with van der Waals surface area (Å²) in [5, 5.41) is 3.63. The van der Waals surface area contributed by atoms with Crippen molar-refractivity contribution in [2.24, 2.45) is 5.92 Å². The maximum atomic E-state index is 4.04. The molecule has 3 unspecified atom stereocenters. The second-order valence-corrected chi connectivity index (χ2v) is 9.30. The molecule has 2 bridgehead atoms. The summed E-state index contributed by atoms with van der Waals surface area (Å²) in [7, 11) is 0. The van der Waals surface area contributed by atoms with E-state index in [1.807, 2.05) is 24.8 Å². The van der Waals surface area contributed by atoms with Crippen molar-refractivity contribution < 1.29 is 0 Å². The molecule has 6 rings (SSSR count). The van der Waals surface area contributed by atoms with Gasteiger partial charge in [-0.2, -0.15) is 0 Å². The summed E-state index contributed by atoms with van der Waals surface area (Å²) in [4.78, 5) is 18.7. The van der Waals surface area contributed by atoms with E-state index in [0.717, 1.165) is 23.1 Å². The van der Waals surface area contributed by atoms with E-state index in [1.165, 1.54) is 58.0 Å². The van der Waals surface area contributed by atoms with Gasteiger partial charge in [0.15, 0.2) is 0 Å². The predicted molar refractivity (Wildman–Crippen MR) is 123 cm³/mol. The average Bonchev–Trinajstić information content (AvgIpc) is 3.59. The van der Waals surface area contributed by atoms with E-state index >= 15 is 0 Å². The van der Waals surface area contributed by atoms with Crippen LogP contribution in [0.1, 0.15) is 56.1 Å². The molecule has 6 heteroatoms.